The van der Waals surface area contributed by atoms with Crippen molar-refractivity contribution in [3.05, 3.63) is 0 Å². The molecule has 0 aromatic carbocycles. The molecule has 0 aliphatic carbocycles. The molecule has 0 saturated carbocycles. The molecule has 1 unspecified atom stereocenters. The summed E-state index contributed by atoms with van der Waals surface area (Å²) in [5, 5.41) is 9.05. The van der Waals surface area contributed by atoms with E-state index in [1.165, 1.54) is 7.05 Å². The highest BCUT2D eigenvalue weighted by Crippen LogP contribution is 2.20. The Morgan fingerprint density at radius 2 is 2.21 bits per heavy atom. The summed E-state index contributed by atoms with van der Waals surface area (Å²) in [6, 6.07) is -0.835. The number of primary amides is 1. The van der Waals surface area contributed by atoms with E-state index in [1.54, 1.807) is 6.92 Å². The Labute approximate surface area is 112 Å². The molecule has 1 aliphatic heterocycles. The highest BCUT2D eigenvalue weighted by Gasteiger charge is 2.34. The van der Waals surface area contributed by atoms with Crippen molar-refractivity contribution in [1.29, 1.82) is 0 Å². The quantitative estimate of drug-likeness (QED) is 0.648. The lowest BCUT2D eigenvalue weighted by molar-refractivity contribution is -0.122. The SMILES string of the molecule is C[C@H](C=O)C(CN1CCC[C@H]1C(N)=O)N(C)C(=O)O. The second-order valence-corrected chi connectivity index (χ2v) is 5.01. The third kappa shape index (κ3) is 3.66. The molecule has 19 heavy (non-hydrogen) atoms. The van der Waals surface area contributed by atoms with Crippen molar-refractivity contribution < 1.29 is 19.5 Å². The highest BCUT2D eigenvalue weighted by molar-refractivity contribution is 5.80. The van der Waals surface area contributed by atoms with Gasteiger partial charge >= 0.3 is 6.09 Å². The number of likely N-dealkylation sites (tertiary alicyclic amines) is 1. The number of aldehydes is 1. The van der Waals surface area contributed by atoms with Crippen LogP contribution in [0.5, 0.6) is 0 Å². The van der Waals surface area contributed by atoms with Crippen molar-refractivity contribution in [2.45, 2.75) is 31.8 Å². The fourth-order valence-corrected chi connectivity index (χ4v) is 2.48. The second-order valence-electron chi connectivity index (χ2n) is 5.01. The van der Waals surface area contributed by atoms with E-state index in [0.29, 0.717) is 19.5 Å². The van der Waals surface area contributed by atoms with Gasteiger partial charge < -0.3 is 20.5 Å². The largest absolute Gasteiger partial charge is 0.465 e. The van der Waals surface area contributed by atoms with Gasteiger partial charge in [0.25, 0.3) is 0 Å². The minimum atomic E-state index is -1.09. The van der Waals surface area contributed by atoms with E-state index in [9.17, 15) is 14.4 Å². The first-order valence-electron chi connectivity index (χ1n) is 6.33. The molecule has 0 aromatic rings. The molecule has 0 radical (unpaired) electrons. The van der Waals surface area contributed by atoms with Crippen LogP contribution in [0.15, 0.2) is 0 Å². The smallest absolute Gasteiger partial charge is 0.407 e. The number of amides is 2. The summed E-state index contributed by atoms with van der Waals surface area (Å²) in [6.07, 6.45) is 1.19. The summed E-state index contributed by atoms with van der Waals surface area (Å²) in [7, 11) is 1.43. The zero-order valence-corrected chi connectivity index (χ0v) is 11.3. The van der Waals surface area contributed by atoms with Gasteiger partial charge in [-0.3, -0.25) is 9.69 Å². The van der Waals surface area contributed by atoms with E-state index in [4.69, 9.17) is 10.8 Å². The molecular formula is C12H21N3O4. The third-order valence-corrected chi connectivity index (χ3v) is 3.73. The van der Waals surface area contributed by atoms with Crippen molar-refractivity contribution in [3.63, 3.8) is 0 Å². The molecule has 7 nitrogen and oxygen atoms in total. The van der Waals surface area contributed by atoms with Gasteiger partial charge in [-0.2, -0.15) is 0 Å². The van der Waals surface area contributed by atoms with Crippen LogP contribution in [0.2, 0.25) is 0 Å². The van der Waals surface area contributed by atoms with Crippen molar-refractivity contribution in [3.8, 4) is 0 Å². The number of carbonyl (C=O) groups is 3. The van der Waals surface area contributed by atoms with Crippen molar-refractivity contribution in [1.82, 2.24) is 9.80 Å². The van der Waals surface area contributed by atoms with Crippen molar-refractivity contribution >= 4 is 18.3 Å². The van der Waals surface area contributed by atoms with Gasteiger partial charge in [0.05, 0.1) is 12.1 Å². The van der Waals surface area contributed by atoms with Crippen LogP contribution in [0.3, 0.4) is 0 Å². The number of nitrogens with two attached hydrogens (primary N) is 1. The molecule has 7 heteroatoms. The summed E-state index contributed by atoms with van der Waals surface area (Å²) in [4.78, 5) is 36.3. The van der Waals surface area contributed by atoms with Crippen LogP contribution < -0.4 is 5.73 Å². The van der Waals surface area contributed by atoms with Crippen LogP contribution in [-0.4, -0.2) is 65.4 Å². The summed E-state index contributed by atoms with van der Waals surface area (Å²) in [6.45, 7) is 2.71. The molecule has 1 fully saturated rings. The molecule has 0 aromatic heterocycles. The molecule has 2 amide bonds. The van der Waals surface area contributed by atoms with Crippen LogP contribution >= 0.6 is 0 Å². The molecule has 1 aliphatic rings. The standard InChI is InChI=1S/C12H21N3O4/c1-8(7-16)10(14(2)12(18)19)6-15-5-3-4-9(15)11(13)17/h7-10H,3-6H2,1-2H3,(H2,13,17)(H,18,19)/t8-,9+,10?/m1/s1. The van der Waals surface area contributed by atoms with Crippen LogP contribution in [0, 0.1) is 5.92 Å². The van der Waals surface area contributed by atoms with Crippen molar-refractivity contribution in [2.75, 3.05) is 20.1 Å². The predicted molar refractivity (Wildman–Crippen MR) is 68.6 cm³/mol. The van der Waals surface area contributed by atoms with Crippen LogP contribution in [0.4, 0.5) is 4.79 Å². The molecule has 0 bridgehead atoms. The number of rotatable bonds is 6. The average molecular weight is 271 g/mol. The summed E-state index contributed by atoms with van der Waals surface area (Å²) < 4.78 is 0. The molecule has 1 rings (SSSR count). The Morgan fingerprint density at radius 3 is 2.68 bits per heavy atom. The van der Waals surface area contributed by atoms with Gasteiger partial charge in [0.1, 0.15) is 6.29 Å². The molecule has 3 atom stereocenters. The van der Waals surface area contributed by atoms with E-state index in [2.05, 4.69) is 0 Å². The first kappa shape index (κ1) is 15.4. The van der Waals surface area contributed by atoms with Crippen molar-refractivity contribution in [2.24, 2.45) is 11.7 Å². The number of carbonyl (C=O) groups excluding carboxylic acids is 2. The molecule has 3 N–H and O–H groups in total. The molecule has 1 heterocycles. The fraction of sp³-hybridized carbons (Fsp3) is 0.750. The lowest BCUT2D eigenvalue weighted by Crippen LogP contribution is -2.51. The highest BCUT2D eigenvalue weighted by atomic mass is 16.4. The van der Waals surface area contributed by atoms with Gasteiger partial charge in [0.15, 0.2) is 0 Å². The second kappa shape index (κ2) is 6.51. The maximum atomic E-state index is 11.3. The molecule has 108 valence electrons. The lowest BCUT2D eigenvalue weighted by Gasteiger charge is -2.33. The molecular weight excluding hydrogens is 250 g/mol. The summed E-state index contributed by atoms with van der Waals surface area (Å²) in [5.41, 5.74) is 5.33. The van der Waals surface area contributed by atoms with Gasteiger partial charge in [-0.1, -0.05) is 6.92 Å². The van der Waals surface area contributed by atoms with Gasteiger partial charge in [0.2, 0.25) is 5.91 Å². The van der Waals surface area contributed by atoms with Crippen LogP contribution in [-0.2, 0) is 9.59 Å². The summed E-state index contributed by atoms with van der Waals surface area (Å²) in [5.74, 6) is -0.830. The Kier molecular flexibility index (Phi) is 5.29. The molecule has 0 spiro atoms. The van der Waals surface area contributed by atoms with Gasteiger partial charge in [-0.15, -0.1) is 0 Å². The van der Waals surface area contributed by atoms with E-state index in [0.717, 1.165) is 17.6 Å². The number of carboxylic acid groups (broad SMARTS) is 1. The van der Waals surface area contributed by atoms with Gasteiger partial charge in [-0.05, 0) is 19.4 Å². The predicted octanol–water partition coefficient (Wildman–Crippen LogP) is -0.250. The molecule has 1 saturated heterocycles. The number of hydrogen-bond acceptors (Lipinski definition) is 4. The minimum absolute atomic E-state index is 0.344. The Hall–Kier alpha value is -1.63. The number of hydrogen-bond donors (Lipinski definition) is 2. The fourth-order valence-electron chi connectivity index (χ4n) is 2.48. The first-order valence-corrected chi connectivity index (χ1v) is 6.33. The minimum Gasteiger partial charge on any atom is -0.465 e. The summed E-state index contributed by atoms with van der Waals surface area (Å²) >= 11 is 0. The topological polar surface area (TPSA) is 104 Å². The van der Waals surface area contributed by atoms with Gasteiger partial charge in [0, 0.05) is 19.5 Å². The van der Waals surface area contributed by atoms with Crippen LogP contribution in [0.25, 0.3) is 0 Å². The normalized spacial score (nSPS) is 22.7. The van der Waals surface area contributed by atoms with E-state index in [-0.39, 0.29) is 6.04 Å². The Balaban J connectivity index is 2.79. The average Bonchev–Trinajstić information content (AvgIpc) is 2.82. The van der Waals surface area contributed by atoms with E-state index in [1.807, 2.05) is 4.90 Å². The first-order chi connectivity index (χ1) is 8.88. The van der Waals surface area contributed by atoms with E-state index < -0.39 is 24.0 Å². The maximum Gasteiger partial charge on any atom is 0.407 e. The van der Waals surface area contributed by atoms with Gasteiger partial charge in [-0.25, -0.2) is 4.79 Å². The lowest BCUT2D eigenvalue weighted by atomic mass is 10.0. The van der Waals surface area contributed by atoms with E-state index >= 15 is 0 Å². The third-order valence-electron chi connectivity index (χ3n) is 3.73. The maximum absolute atomic E-state index is 11.3. The zero-order chi connectivity index (χ0) is 14.6. The number of nitrogens with zero attached hydrogens (tertiary/aromatic N) is 2. The number of likely N-dealkylation sites (N-methyl/N-ethyl adjacent to an activating group) is 1. The Morgan fingerprint density at radius 1 is 1.58 bits per heavy atom. The zero-order valence-electron chi connectivity index (χ0n) is 11.3. The monoisotopic (exact) mass is 271 g/mol. The Bertz CT molecular complexity index is 361. The van der Waals surface area contributed by atoms with Crippen LogP contribution in [0.1, 0.15) is 19.8 Å².